The third-order valence-electron chi connectivity index (χ3n) is 2.54. The van der Waals surface area contributed by atoms with Gasteiger partial charge in [-0.3, -0.25) is 0 Å². The smallest absolute Gasteiger partial charge is 0.240 e. The largest absolute Gasteiger partial charge is 0.326 e. The molecule has 0 fully saturated rings. The minimum atomic E-state index is -3.54. The lowest BCUT2D eigenvalue weighted by molar-refractivity contribution is 0.580. The van der Waals surface area contributed by atoms with E-state index in [0.717, 1.165) is 5.56 Å². The van der Waals surface area contributed by atoms with E-state index >= 15 is 0 Å². The topological polar surface area (TPSA) is 98.0 Å². The van der Waals surface area contributed by atoms with Gasteiger partial charge in [0.1, 0.15) is 0 Å². The SMILES string of the molecule is NCc1ccc(S(=O)(=O)NCc2cccnn2)cc1. The molecule has 0 atom stereocenters. The van der Waals surface area contributed by atoms with Crippen molar-refractivity contribution in [1.82, 2.24) is 14.9 Å². The standard InChI is InChI=1S/C12H14N4O2S/c13-8-10-3-5-12(6-4-10)19(17,18)15-9-11-2-1-7-14-16-11/h1-7,15H,8-9,13H2. The predicted octanol–water partition coefficient (Wildman–Crippen LogP) is 0.414. The molecule has 2 aromatic rings. The number of sulfonamides is 1. The lowest BCUT2D eigenvalue weighted by atomic mass is 10.2. The van der Waals surface area contributed by atoms with E-state index in [1.54, 1.807) is 24.3 Å². The number of nitrogens with two attached hydrogens (primary N) is 1. The highest BCUT2D eigenvalue weighted by atomic mass is 32.2. The molecule has 0 radical (unpaired) electrons. The van der Waals surface area contributed by atoms with Gasteiger partial charge < -0.3 is 5.73 Å². The van der Waals surface area contributed by atoms with Crippen LogP contribution in [-0.2, 0) is 23.1 Å². The molecule has 100 valence electrons. The number of nitrogens with zero attached hydrogens (tertiary/aromatic N) is 2. The Balaban J connectivity index is 2.09. The molecule has 19 heavy (non-hydrogen) atoms. The van der Waals surface area contributed by atoms with Crippen LogP contribution in [0.1, 0.15) is 11.3 Å². The zero-order valence-electron chi connectivity index (χ0n) is 10.2. The number of nitrogens with one attached hydrogen (secondary N) is 1. The molecule has 0 aliphatic carbocycles. The summed E-state index contributed by atoms with van der Waals surface area (Å²) in [5.74, 6) is 0. The van der Waals surface area contributed by atoms with Crippen LogP contribution in [0.5, 0.6) is 0 Å². The van der Waals surface area contributed by atoms with E-state index in [9.17, 15) is 8.42 Å². The molecular weight excluding hydrogens is 264 g/mol. The Labute approximate surface area is 111 Å². The Morgan fingerprint density at radius 2 is 1.89 bits per heavy atom. The summed E-state index contributed by atoms with van der Waals surface area (Å²) in [6, 6.07) is 9.84. The Hall–Kier alpha value is -1.83. The number of hydrogen-bond donors (Lipinski definition) is 2. The van der Waals surface area contributed by atoms with E-state index in [2.05, 4.69) is 14.9 Å². The molecule has 0 spiro atoms. The Morgan fingerprint density at radius 3 is 2.47 bits per heavy atom. The zero-order valence-corrected chi connectivity index (χ0v) is 11.0. The molecule has 0 unspecified atom stereocenters. The van der Waals surface area contributed by atoms with Gasteiger partial charge in [-0.25, -0.2) is 13.1 Å². The first-order valence-corrected chi connectivity index (χ1v) is 7.15. The van der Waals surface area contributed by atoms with Gasteiger partial charge in [-0.05, 0) is 29.8 Å². The Bertz CT molecular complexity index is 627. The van der Waals surface area contributed by atoms with Crippen molar-refractivity contribution in [2.24, 2.45) is 5.73 Å². The highest BCUT2D eigenvalue weighted by Gasteiger charge is 2.13. The van der Waals surface area contributed by atoms with Crippen LogP contribution in [0.15, 0.2) is 47.5 Å². The molecule has 0 bridgehead atoms. The summed E-state index contributed by atoms with van der Waals surface area (Å²) >= 11 is 0. The van der Waals surface area contributed by atoms with Crippen molar-refractivity contribution in [1.29, 1.82) is 0 Å². The van der Waals surface area contributed by atoms with E-state index in [1.807, 2.05) is 0 Å². The zero-order chi connectivity index (χ0) is 13.7. The number of aromatic nitrogens is 2. The fraction of sp³-hybridized carbons (Fsp3) is 0.167. The number of hydrogen-bond acceptors (Lipinski definition) is 5. The summed E-state index contributed by atoms with van der Waals surface area (Å²) in [5.41, 5.74) is 6.91. The highest BCUT2D eigenvalue weighted by Crippen LogP contribution is 2.10. The fourth-order valence-electron chi connectivity index (χ4n) is 1.48. The van der Waals surface area contributed by atoms with Gasteiger partial charge in [-0.1, -0.05) is 12.1 Å². The third kappa shape index (κ3) is 3.57. The monoisotopic (exact) mass is 278 g/mol. The van der Waals surface area contributed by atoms with E-state index in [-0.39, 0.29) is 11.4 Å². The number of rotatable bonds is 5. The van der Waals surface area contributed by atoms with Gasteiger partial charge >= 0.3 is 0 Å². The van der Waals surface area contributed by atoms with Crippen molar-refractivity contribution in [3.8, 4) is 0 Å². The maximum atomic E-state index is 12.0. The summed E-state index contributed by atoms with van der Waals surface area (Å²) in [6.07, 6.45) is 1.53. The summed E-state index contributed by atoms with van der Waals surface area (Å²) < 4.78 is 26.5. The lowest BCUT2D eigenvalue weighted by Gasteiger charge is -2.06. The second-order valence-corrected chi connectivity index (χ2v) is 5.65. The first kappa shape index (κ1) is 13.6. The molecule has 1 aromatic heterocycles. The van der Waals surface area contributed by atoms with Gasteiger partial charge in [0.05, 0.1) is 17.1 Å². The summed E-state index contributed by atoms with van der Waals surface area (Å²) in [5, 5.41) is 7.49. The van der Waals surface area contributed by atoms with Crippen molar-refractivity contribution in [2.45, 2.75) is 18.0 Å². The fourth-order valence-corrected chi connectivity index (χ4v) is 2.48. The molecule has 2 rings (SSSR count). The maximum Gasteiger partial charge on any atom is 0.240 e. The van der Waals surface area contributed by atoms with Crippen molar-refractivity contribution in [2.75, 3.05) is 0 Å². The van der Waals surface area contributed by atoms with Crippen LogP contribution >= 0.6 is 0 Å². The molecule has 0 saturated carbocycles. The number of benzene rings is 1. The quantitative estimate of drug-likeness (QED) is 0.825. The van der Waals surface area contributed by atoms with Crippen LogP contribution in [0, 0.1) is 0 Å². The van der Waals surface area contributed by atoms with E-state index in [1.165, 1.54) is 18.3 Å². The molecule has 0 aliphatic heterocycles. The van der Waals surface area contributed by atoms with Gasteiger partial charge in [0.25, 0.3) is 0 Å². The lowest BCUT2D eigenvalue weighted by Crippen LogP contribution is -2.23. The van der Waals surface area contributed by atoms with E-state index in [4.69, 9.17) is 5.73 Å². The molecular formula is C12H14N4O2S. The van der Waals surface area contributed by atoms with Crippen molar-refractivity contribution in [3.63, 3.8) is 0 Å². The van der Waals surface area contributed by atoms with Crippen LogP contribution in [0.25, 0.3) is 0 Å². The van der Waals surface area contributed by atoms with Crippen LogP contribution in [-0.4, -0.2) is 18.6 Å². The highest BCUT2D eigenvalue weighted by molar-refractivity contribution is 7.89. The van der Waals surface area contributed by atoms with Gasteiger partial charge in [0.15, 0.2) is 0 Å². The van der Waals surface area contributed by atoms with Gasteiger partial charge in [-0.15, -0.1) is 0 Å². The normalized spacial score (nSPS) is 11.4. The molecule has 7 heteroatoms. The molecule has 1 heterocycles. The van der Waals surface area contributed by atoms with Crippen LogP contribution in [0.4, 0.5) is 0 Å². The predicted molar refractivity (Wildman–Crippen MR) is 70.4 cm³/mol. The first-order chi connectivity index (χ1) is 9.12. The first-order valence-electron chi connectivity index (χ1n) is 5.67. The average molecular weight is 278 g/mol. The van der Waals surface area contributed by atoms with Gasteiger partial charge in [0, 0.05) is 12.7 Å². The van der Waals surface area contributed by atoms with Crippen LogP contribution in [0.3, 0.4) is 0 Å². The molecule has 3 N–H and O–H groups in total. The molecule has 6 nitrogen and oxygen atoms in total. The maximum absolute atomic E-state index is 12.0. The van der Waals surface area contributed by atoms with Crippen molar-refractivity contribution >= 4 is 10.0 Å². The van der Waals surface area contributed by atoms with Gasteiger partial charge in [0.2, 0.25) is 10.0 Å². The molecule has 0 amide bonds. The Kier molecular flexibility index (Phi) is 4.20. The van der Waals surface area contributed by atoms with Crippen molar-refractivity contribution in [3.05, 3.63) is 53.9 Å². The van der Waals surface area contributed by atoms with Crippen LogP contribution in [0.2, 0.25) is 0 Å². The van der Waals surface area contributed by atoms with Crippen molar-refractivity contribution < 1.29 is 8.42 Å². The molecule has 1 aromatic carbocycles. The Morgan fingerprint density at radius 1 is 1.16 bits per heavy atom. The van der Waals surface area contributed by atoms with Gasteiger partial charge in [-0.2, -0.15) is 10.2 Å². The summed E-state index contributed by atoms with van der Waals surface area (Å²) in [6.45, 7) is 0.488. The van der Waals surface area contributed by atoms with Crippen LogP contribution < -0.4 is 10.5 Å². The minimum Gasteiger partial charge on any atom is -0.326 e. The van der Waals surface area contributed by atoms with E-state index in [0.29, 0.717) is 12.2 Å². The second-order valence-electron chi connectivity index (χ2n) is 3.89. The average Bonchev–Trinajstić information content (AvgIpc) is 2.46. The summed E-state index contributed by atoms with van der Waals surface area (Å²) in [7, 11) is -3.54. The second kappa shape index (κ2) is 5.87. The third-order valence-corrected chi connectivity index (χ3v) is 3.96. The molecule has 0 aliphatic rings. The minimum absolute atomic E-state index is 0.106. The molecule has 0 saturated heterocycles. The summed E-state index contributed by atoms with van der Waals surface area (Å²) in [4.78, 5) is 0.202. The van der Waals surface area contributed by atoms with E-state index < -0.39 is 10.0 Å².